The molecule has 1 heterocycles. The van der Waals surface area contributed by atoms with E-state index in [9.17, 15) is 0 Å². The quantitative estimate of drug-likeness (QED) is 0.535. The van der Waals surface area contributed by atoms with Gasteiger partial charge in [-0.05, 0) is 39.2 Å². The van der Waals surface area contributed by atoms with Gasteiger partial charge in [-0.25, -0.2) is 0 Å². The third-order valence-electron chi connectivity index (χ3n) is 3.26. The molecule has 1 nitrogen and oxygen atoms in total. The molecule has 1 aliphatic heterocycles. The standard InChI is InChI=1S/C11H17N/c1-2-3-9-12-10-5-4-6-11(12)7-8-11/h4-10H2,1H3. The third-order valence-corrected chi connectivity index (χ3v) is 3.26. The highest BCUT2D eigenvalue weighted by molar-refractivity contribution is 5.09. The van der Waals surface area contributed by atoms with Crippen molar-refractivity contribution in [2.24, 2.45) is 0 Å². The summed E-state index contributed by atoms with van der Waals surface area (Å²) >= 11 is 0. The summed E-state index contributed by atoms with van der Waals surface area (Å²) in [6.45, 7) is 4.23. The van der Waals surface area contributed by atoms with Crippen LogP contribution in [0.5, 0.6) is 0 Å². The van der Waals surface area contributed by atoms with E-state index in [2.05, 4.69) is 16.7 Å². The molecule has 0 radical (unpaired) electrons. The largest absolute Gasteiger partial charge is 0.287 e. The van der Waals surface area contributed by atoms with Crippen LogP contribution < -0.4 is 0 Å². The molecule has 66 valence electrons. The molecule has 0 N–H and O–H groups in total. The maximum atomic E-state index is 3.19. The molecular weight excluding hydrogens is 146 g/mol. The first-order chi connectivity index (χ1) is 5.87. The average molecular weight is 163 g/mol. The molecule has 0 aromatic carbocycles. The Bertz CT molecular complexity index is 217. The fourth-order valence-electron chi connectivity index (χ4n) is 2.28. The molecule has 1 spiro atoms. The van der Waals surface area contributed by atoms with Gasteiger partial charge in [-0.2, -0.15) is 0 Å². The molecule has 1 saturated carbocycles. The number of likely N-dealkylation sites (tertiary alicyclic amines) is 1. The van der Waals surface area contributed by atoms with Gasteiger partial charge in [0.2, 0.25) is 0 Å². The molecule has 2 rings (SSSR count). The zero-order chi connectivity index (χ0) is 8.44. The minimum Gasteiger partial charge on any atom is -0.287 e. The summed E-state index contributed by atoms with van der Waals surface area (Å²) in [5, 5.41) is 0. The van der Waals surface area contributed by atoms with Crippen molar-refractivity contribution < 1.29 is 0 Å². The first-order valence-corrected chi connectivity index (χ1v) is 5.02. The van der Waals surface area contributed by atoms with E-state index in [1.165, 1.54) is 38.6 Å². The Kier molecular flexibility index (Phi) is 2.11. The highest BCUT2D eigenvalue weighted by Crippen LogP contribution is 2.47. The lowest BCUT2D eigenvalue weighted by molar-refractivity contribution is 0.148. The molecule has 12 heavy (non-hydrogen) atoms. The van der Waals surface area contributed by atoms with Crippen molar-refractivity contribution in [3.8, 4) is 11.8 Å². The van der Waals surface area contributed by atoms with Crippen LogP contribution in [-0.4, -0.2) is 23.5 Å². The van der Waals surface area contributed by atoms with Gasteiger partial charge < -0.3 is 0 Å². The average Bonchev–Trinajstić information content (AvgIpc) is 2.85. The molecule has 0 atom stereocenters. The third kappa shape index (κ3) is 1.36. The van der Waals surface area contributed by atoms with Gasteiger partial charge in [0.25, 0.3) is 0 Å². The number of hydrogen-bond acceptors (Lipinski definition) is 1. The van der Waals surface area contributed by atoms with Crippen molar-refractivity contribution in [3.63, 3.8) is 0 Å². The summed E-state index contributed by atoms with van der Waals surface area (Å²) in [7, 11) is 0. The van der Waals surface area contributed by atoms with E-state index in [1.807, 2.05) is 6.92 Å². The molecule has 0 aromatic rings. The van der Waals surface area contributed by atoms with Crippen LogP contribution in [0.2, 0.25) is 0 Å². The molecule has 0 bridgehead atoms. The van der Waals surface area contributed by atoms with Crippen molar-refractivity contribution in [3.05, 3.63) is 0 Å². The van der Waals surface area contributed by atoms with Crippen molar-refractivity contribution >= 4 is 0 Å². The topological polar surface area (TPSA) is 3.24 Å². The van der Waals surface area contributed by atoms with E-state index in [0.717, 1.165) is 6.54 Å². The molecule has 0 unspecified atom stereocenters. The van der Waals surface area contributed by atoms with Crippen LogP contribution in [0.15, 0.2) is 0 Å². The SMILES string of the molecule is CC#CCN1CCCCC12CC2. The molecule has 1 aliphatic carbocycles. The Morgan fingerprint density at radius 2 is 2.08 bits per heavy atom. The first-order valence-electron chi connectivity index (χ1n) is 5.02. The first kappa shape index (κ1) is 8.13. The number of rotatable bonds is 1. The van der Waals surface area contributed by atoms with E-state index in [0.29, 0.717) is 5.54 Å². The van der Waals surface area contributed by atoms with Crippen LogP contribution in [0.4, 0.5) is 0 Å². The second-order valence-electron chi connectivity index (χ2n) is 4.03. The smallest absolute Gasteiger partial charge is 0.0606 e. The molecular formula is C11H17N. The number of hydrogen-bond donors (Lipinski definition) is 0. The Hall–Kier alpha value is -0.480. The Balaban J connectivity index is 1.95. The van der Waals surface area contributed by atoms with Gasteiger partial charge in [0.15, 0.2) is 0 Å². The summed E-state index contributed by atoms with van der Waals surface area (Å²) in [4.78, 5) is 2.60. The van der Waals surface area contributed by atoms with E-state index in [1.54, 1.807) is 0 Å². The normalized spacial score (nSPS) is 26.4. The Morgan fingerprint density at radius 1 is 1.25 bits per heavy atom. The van der Waals surface area contributed by atoms with E-state index in [-0.39, 0.29) is 0 Å². The van der Waals surface area contributed by atoms with Crippen LogP contribution in [0.25, 0.3) is 0 Å². The maximum absolute atomic E-state index is 3.19. The predicted molar refractivity (Wildman–Crippen MR) is 50.8 cm³/mol. The van der Waals surface area contributed by atoms with Crippen LogP contribution >= 0.6 is 0 Å². The molecule has 2 fully saturated rings. The summed E-state index contributed by atoms with van der Waals surface area (Å²) in [5.74, 6) is 6.18. The van der Waals surface area contributed by atoms with Gasteiger partial charge in [0, 0.05) is 5.54 Å². The van der Waals surface area contributed by atoms with Crippen LogP contribution in [0, 0.1) is 11.8 Å². The predicted octanol–water partition coefficient (Wildman–Crippen LogP) is 2.03. The molecule has 1 saturated heterocycles. The zero-order valence-corrected chi connectivity index (χ0v) is 7.90. The summed E-state index contributed by atoms with van der Waals surface area (Å²) in [5.41, 5.74) is 0.627. The minimum atomic E-state index is 0.627. The van der Waals surface area contributed by atoms with Gasteiger partial charge in [-0.15, -0.1) is 5.92 Å². The van der Waals surface area contributed by atoms with Crippen LogP contribution in [0.3, 0.4) is 0 Å². The van der Waals surface area contributed by atoms with Crippen LogP contribution in [0.1, 0.15) is 39.0 Å². The monoisotopic (exact) mass is 163 g/mol. The Labute approximate surface area is 75.1 Å². The van der Waals surface area contributed by atoms with Gasteiger partial charge in [-0.1, -0.05) is 12.3 Å². The second-order valence-corrected chi connectivity index (χ2v) is 4.03. The van der Waals surface area contributed by atoms with Gasteiger partial charge in [-0.3, -0.25) is 4.90 Å². The van der Waals surface area contributed by atoms with Crippen molar-refractivity contribution in [1.82, 2.24) is 4.90 Å². The van der Waals surface area contributed by atoms with Crippen LogP contribution in [-0.2, 0) is 0 Å². The lowest BCUT2D eigenvalue weighted by atomic mass is 10.0. The highest BCUT2D eigenvalue weighted by atomic mass is 15.2. The number of nitrogens with zero attached hydrogens (tertiary/aromatic N) is 1. The van der Waals surface area contributed by atoms with Gasteiger partial charge in [0.1, 0.15) is 0 Å². The maximum Gasteiger partial charge on any atom is 0.0606 e. The van der Waals surface area contributed by atoms with Gasteiger partial charge in [0.05, 0.1) is 6.54 Å². The molecule has 2 aliphatic rings. The van der Waals surface area contributed by atoms with Crippen molar-refractivity contribution in [2.45, 2.75) is 44.6 Å². The van der Waals surface area contributed by atoms with Gasteiger partial charge >= 0.3 is 0 Å². The fraction of sp³-hybridized carbons (Fsp3) is 0.818. The summed E-state index contributed by atoms with van der Waals surface area (Å²) in [6, 6.07) is 0. The minimum absolute atomic E-state index is 0.627. The number of piperidine rings is 1. The zero-order valence-electron chi connectivity index (χ0n) is 7.90. The van der Waals surface area contributed by atoms with Crippen molar-refractivity contribution in [1.29, 1.82) is 0 Å². The van der Waals surface area contributed by atoms with E-state index >= 15 is 0 Å². The molecule has 0 amide bonds. The van der Waals surface area contributed by atoms with Crippen molar-refractivity contribution in [2.75, 3.05) is 13.1 Å². The lowest BCUT2D eigenvalue weighted by Crippen LogP contribution is -2.41. The molecule has 0 aromatic heterocycles. The Morgan fingerprint density at radius 3 is 2.75 bits per heavy atom. The summed E-state index contributed by atoms with van der Waals surface area (Å²) < 4.78 is 0. The lowest BCUT2D eigenvalue weighted by Gasteiger charge is -2.34. The van der Waals surface area contributed by atoms with E-state index in [4.69, 9.17) is 0 Å². The fourth-order valence-corrected chi connectivity index (χ4v) is 2.28. The molecule has 1 heteroatoms. The second kappa shape index (κ2) is 3.11. The highest BCUT2D eigenvalue weighted by Gasteiger charge is 2.48. The van der Waals surface area contributed by atoms with E-state index < -0.39 is 0 Å². The summed E-state index contributed by atoms with van der Waals surface area (Å²) in [6.07, 6.45) is 7.11.